The van der Waals surface area contributed by atoms with Crippen LogP contribution in [-0.2, 0) is 16.6 Å². The molecule has 0 aliphatic rings. The number of pyridine rings is 1. The summed E-state index contributed by atoms with van der Waals surface area (Å²) in [5.41, 5.74) is 2.42. The highest BCUT2D eigenvalue weighted by atomic mass is 16.6. The van der Waals surface area contributed by atoms with Gasteiger partial charge in [0, 0.05) is 35.1 Å². The molecule has 9 nitrogen and oxygen atoms in total. The third-order valence-corrected chi connectivity index (χ3v) is 4.94. The van der Waals surface area contributed by atoms with E-state index in [1.165, 1.54) is 6.33 Å². The van der Waals surface area contributed by atoms with Crippen LogP contribution >= 0.6 is 0 Å². The van der Waals surface area contributed by atoms with Crippen molar-refractivity contribution in [3.8, 4) is 11.4 Å². The van der Waals surface area contributed by atoms with Gasteiger partial charge >= 0.3 is 6.09 Å². The largest absolute Gasteiger partial charge is 0.444 e. The minimum atomic E-state index is -0.524. The van der Waals surface area contributed by atoms with Gasteiger partial charge in [0.2, 0.25) is 5.95 Å². The summed E-state index contributed by atoms with van der Waals surface area (Å²) < 4.78 is 5.26. The average molecular weight is 465 g/mol. The molecule has 3 aromatic rings. The summed E-state index contributed by atoms with van der Waals surface area (Å²) >= 11 is 0. The van der Waals surface area contributed by atoms with Crippen molar-refractivity contribution in [2.24, 2.45) is 0 Å². The molecule has 1 amide bonds. The fraction of sp³-hybridized carbons (Fsp3) is 0.400. The van der Waals surface area contributed by atoms with E-state index in [1.807, 2.05) is 71.0 Å². The van der Waals surface area contributed by atoms with E-state index < -0.39 is 17.1 Å². The van der Waals surface area contributed by atoms with Gasteiger partial charge in [0.05, 0.1) is 6.61 Å². The van der Waals surface area contributed by atoms with Crippen molar-refractivity contribution < 1.29 is 14.6 Å². The highest BCUT2D eigenvalue weighted by molar-refractivity contribution is 5.67. The lowest BCUT2D eigenvalue weighted by Crippen LogP contribution is -2.33. The smallest absolute Gasteiger partial charge is 0.407 e. The Morgan fingerprint density at radius 3 is 2.59 bits per heavy atom. The van der Waals surface area contributed by atoms with Gasteiger partial charge < -0.3 is 20.5 Å². The van der Waals surface area contributed by atoms with E-state index >= 15 is 0 Å². The zero-order chi connectivity index (χ0) is 24.8. The maximum absolute atomic E-state index is 11.8. The number of anilines is 2. The first-order chi connectivity index (χ1) is 16.1. The van der Waals surface area contributed by atoms with Gasteiger partial charge in [-0.05, 0) is 57.0 Å². The Bertz CT molecular complexity index is 1130. The van der Waals surface area contributed by atoms with Crippen molar-refractivity contribution in [2.75, 3.05) is 18.5 Å². The first kappa shape index (κ1) is 25.0. The van der Waals surface area contributed by atoms with Gasteiger partial charge in [0.25, 0.3) is 0 Å². The van der Waals surface area contributed by atoms with Crippen molar-refractivity contribution in [1.82, 2.24) is 25.3 Å². The number of nitrogens with zero attached hydrogens (tertiary/aromatic N) is 4. The molecule has 180 valence electrons. The summed E-state index contributed by atoms with van der Waals surface area (Å²) in [6, 6.07) is 11.5. The molecule has 0 atom stereocenters. The van der Waals surface area contributed by atoms with Crippen LogP contribution in [0.4, 0.5) is 16.4 Å². The van der Waals surface area contributed by atoms with Gasteiger partial charge in [0.15, 0.2) is 5.82 Å². The molecular formula is C25H32N6O3. The molecule has 9 heteroatoms. The molecule has 0 spiro atoms. The number of nitrogens with one attached hydrogen (secondary N) is 2. The number of amides is 1. The Balaban J connectivity index is 1.67. The van der Waals surface area contributed by atoms with E-state index in [4.69, 9.17) is 4.74 Å². The minimum Gasteiger partial charge on any atom is -0.444 e. The molecule has 0 unspecified atom stereocenters. The summed E-state index contributed by atoms with van der Waals surface area (Å²) in [6.45, 7) is 9.79. The molecule has 0 saturated carbocycles. The van der Waals surface area contributed by atoms with Crippen LogP contribution in [0.3, 0.4) is 0 Å². The van der Waals surface area contributed by atoms with Gasteiger partial charge in [0.1, 0.15) is 11.9 Å². The van der Waals surface area contributed by atoms with E-state index in [2.05, 4.69) is 30.6 Å². The monoisotopic (exact) mass is 464 g/mol. The van der Waals surface area contributed by atoms with Crippen molar-refractivity contribution in [3.63, 3.8) is 0 Å². The number of aromatic nitrogens is 4. The molecule has 0 aliphatic carbocycles. The number of carbonyl (C=O) groups is 1. The van der Waals surface area contributed by atoms with Gasteiger partial charge in [-0.15, -0.1) is 0 Å². The lowest BCUT2D eigenvalue weighted by Gasteiger charge is -2.21. The predicted molar refractivity (Wildman–Crippen MR) is 131 cm³/mol. The van der Waals surface area contributed by atoms with Crippen LogP contribution in [0.15, 0.2) is 48.9 Å². The Kier molecular flexibility index (Phi) is 7.78. The summed E-state index contributed by atoms with van der Waals surface area (Å²) in [5, 5.41) is 15.6. The standard InChI is InChI=1S/C25H32N6O3/c1-24(2,3)34-23(33)27-11-9-17-7-6-8-19(13-17)30-22-29-16-28-21(31-22)18-10-12-26-20(14-18)25(4,5)15-32/h6-8,10,12-14,16,32H,9,11,15H2,1-5H3,(H,27,33)(H,28,29,30,31). The van der Waals surface area contributed by atoms with Crippen LogP contribution in [0.25, 0.3) is 11.4 Å². The number of hydrogen-bond donors (Lipinski definition) is 3. The second-order valence-corrected chi connectivity index (χ2v) is 9.61. The van der Waals surface area contributed by atoms with Crippen molar-refractivity contribution in [2.45, 2.75) is 52.1 Å². The molecule has 3 rings (SSSR count). The van der Waals surface area contributed by atoms with E-state index in [9.17, 15) is 9.90 Å². The highest BCUT2D eigenvalue weighted by Gasteiger charge is 2.22. The third kappa shape index (κ3) is 7.21. The van der Waals surface area contributed by atoms with Crippen LogP contribution in [-0.4, -0.2) is 49.9 Å². The number of carbonyl (C=O) groups excluding carboxylic acids is 1. The van der Waals surface area contributed by atoms with Crippen LogP contribution in [0.5, 0.6) is 0 Å². The van der Waals surface area contributed by atoms with Crippen LogP contribution in [0, 0.1) is 0 Å². The molecule has 0 fully saturated rings. The molecule has 0 bridgehead atoms. The van der Waals surface area contributed by atoms with Crippen LogP contribution in [0.2, 0.25) is 0 Å². The number of aliphatic hydroxyl groups is 1. The quantitative estimate of drug-likeness (QED) is 0.457. The zero-order valence-electron chi connectivity index (χ0n) is 20.3. The summed E-state index contributed by atoms with van der Waals surface area (Å²) in [4.78, 5) is 29.3. The predicted octanol–water partition coefficient (Wildman–Crippen LogP) is 4.01. The van der Waals surface area contributed by atoms with Crippen molar-refractivity contribution in [1.29, 1.82) is 0 Å². The SMILES string of the molecule is CC(C)(C)OC(=O)NCCc1cccc(Nc2ncnc(-c3ccnc(C(C)(C)CO)c3)n2)c1. The average Bonchev–Trinajstić information content (AvgIpc) is 2.78. The minimum absolute atomic E-state index is 0.0168. The lowest BCUT2D eigenvalue weighted by molar-refractivity contribution is 0.0528. The molecular weight excluding hydrogens is 432 g/mol. The molecule has 2 heterocycles. The number of aliphatic hydroxyl groups excluding tert-OH is 1. The molecule has 34 heavy (non-hydrogen) atoms. The summed E-state index contributed by atoms with van der Waals surface area (Å²) in [5.74, 6) is 0.918. The van der Waals surface area contributed by atoms with Gasteiger partial charge in [-0.25, -0.2) is 14.8 Å². The van der Waals surface area contributed by atoms with Crippen LogP contribution < -0.4 is 10.6 Å². The molecule has 0 aliphatic heterocycles. The maximum atomic E-state index is 11.8. The summed E-state index contributed by atoms with van der Waals surface area (Å²) in [6.07, 6.45) is 3.36. The first-order valence-corrected chi connectivity index (χ1v) is 11.2. The van der Waals surface area contributed by atoms with Crippen molar-refractivity contribution >= 4 is 17.7 Å². The second-order valence-electron chi connectivity index (χ2n) is 9.61. The normalized spacial score (nSPS) is 11.7. The fourth-order valence-electron chi connectivity index (χ4n) is 3.07. The maximum Gasteiger partial charge on any atom is 0.407 e. The number of rotatable bonds is 8. The molecule has 3 N–H and O–H groups in total. The van der Waals surface area contributed by atoms with Gasteiger partial charge in [-0.1, -0.05) is 26.0 Å². The van der Waals surface area contributed by atoms with Gasteiger partial charge in [-0.3, -0.25) is 4.98 Å². The van der Waals surface area contributed by atoms with E-state index in [1.54, 1.807) is 6.20 Å². The Morgan fingerprint density at radius 1 is 1.06 bits per heavy atom. The number of hydrogen-bond acceptors (Lipinski definition) is 8. The number of alkyl carbamates (subject to hydrolysis) is 1. The fourth-order valence-corrected chi connectivity index (χ4v) is 3.07. The second kappa shape index (κ2) is 10.6. The number of benzene rings is 1. The lowest BCUT2D eigenvalue weighted by atomic mass is 9.89. The molecule has 2 aromatic heterocycles. The Morgan fingerprint density at radius 2 is 1.85 bits per heavy atom. The van der Waals surface area contributed by atoms with E-state index in [0.29, 0.717) is 24.7 Å². The van der Waals surface area contributed by atoms with Crippen molar-refractivity contribution in [3.05, 3.63) is 60.2 Å². The topological polar surface area (TPSA) is 122 Å². The molecule has 0 saturated heterocycles. The van der Waals surface area contributed by atoms with Crippen LogP contribution in [0.1, 0.15) is 45.9 Å². The first-order valence-electron chi connectivity index (χ1n) is 11.2. The zero-order valence-corrected chi connectivity index (χ0v) is 20.3. The molecule has 1 aromatic carbocycles. The summed E-state index contributed by atoms with van der Waals surface area (Å²) in [7, 11) is 0. The number of ether oxygens (including phenoxy) is 1. The molecule has 0 radical (unpaired) electrons. The van der Waals surface area contributed by atoms with Gasteiger partial charge in [-0.2, -0.15) is 4.98 Å². The Hall–Kier alpha value is -3.59. The Labute approximate surface area is 200 Å². The third-order valence-electron chi connectivity index (χ3n) is 4.94. The van der Waals surface area contributed by atoms with E-state index in [-0.39, 0.29) is 6.61 Å². The van der Waals surface area contributed by atoms with E-state index in [0.717, 1.165) is 22.5 Å². The highest BCUT2D eigenvalue weighted by Crippen LogP contribution is 2.25.